The Morgan fingerprint density at radius 2 is 1.79 bits per heavy atom. The smallest absolute Gasteiger partial charge is 0.327 e. The minimum atomic E-state index is -4.26. The lowest BCUT2D eigenvalue weighted by molar-refractivity contribution is 0.162. The number of halogens is 2. The van der Waals surface area contributed by atoms with Crippen LogP contribution in [0.1, 0.15) is 11.5 Å². The molecule has 3 aromatic heterocycles. The lowest BCUT2D eigenvalue weighted by atomic mass is 10.2. The number of aromatic amines is 1. The molecule has 34 heavy (non-hydrogen) atoms. The van der Waals surface area contributed by atoms with Crippen molar-refractivity contribution in [3.8, 4) is 6.07 Å². The number of fused-ring (bicyclic) bond motifs is 1. The van der Waals surface area contributed by atoms with Gasteiger partial charge in [0.1, 0.15) is 34.7 Å². The second-order valence-corrected chi connectivity index (χ2v) is 9.06. The topological polar surface area (TPSA) is 140 Å². The average molecular weight is 484 g/mol. The Balaban J connectivity index is 1.79. The molecule has 0 saturated heterocycles. The van der Waals surface area contributed by atoms with Gasteiger partial charge >= 0.3 is 6.55 Å². The summed E-state index contributed by atoms with van der Waals surface area (Å²) in [5.41, 5.74) is 1.30. The third kappa shape index (κ3) is 4.71. The fourth-order valence-electron chi connectivity index (χ4n) is 3.31. The van der Waals surface area contributed by atoms with E-state index in [1.165, 1.54) is 18.2 Å². The molecule has 0 aliphatic heterocycles. The Labute approximate surface area is 193 Å². The Morgan fingerprint density at radius 3 is 2.50 bits per heavy atom. The maximum atomic E-state index is 13.7. The van der Waals surface area contributed by atoms with E-state index in [-0.39, 0.29) is 21.4 Å². The van der Waals surface area contributed by atoms with Gasteiger partial charge in [-0.1, -0.05) is 18.2 Å². The van der Waals surface area contributed by atoms with Crippen molar-refractivity contribution in [3.63, 3.8) is 0 Å². The van der Waals surface area contributed by atoms with Gasteiger partial charge < -0.3 is 15.6 Å². The molecule has 3 heterocycles. The maximum Gasteiger partial charge on any atom is 0.327 e. The lowest BCUT2D eigenvalue weighted by Gasteiger charge is -2.24. The first-order chi connectivity index (χ1) is 16.2. The number of nitriles is 1. The molecular formula is C21H18F2N8O2S. The van der Waals surface area contributed by atoms with Crippen LogP contribution in [0.2, 0.25) is 0 Å². The summed E-state index contributed by atoms with van der Waals surface area (Å²) in [6, 6.07) is 14.2. The van der Waals surface area contributed by atoms with E-state index >= 15 is 0 Å². The standard InChI is InChI=1S/C21H18F2N8O2S/c1-12-25-19-15(28-14-7-3-4-8-16(14)31(21(22)23)34(2,32)33)10-18(30-20(19)26-12)29-17-9-5-6-13(11-24)27-17/h3-10,21H,1-2H3,(H3,25,26,27,28,29,30). The van der Waals surface area contributed by atoms with Crippen LogP contribution in [0.25, 0.3) is 11.2 Å². The van der Waals surface area contributed by atoms with Crippen LogP contribution >= 0.6 is 0 Å². The fraction of sp³-hybridized carbons (Fsp3) is 0.143. The molecule has 0 fully saturated rings. The second-order valence-electron chi connectivity index (χ2n) is 7.20. The summed E-state index contributed by atoms with van der Waals surface area (Å²) in [5, 5.41) is 15.1. The van der Waals surface area contributed by atoms with Crippen LogP contribution in [-0.4, -0.2) is 41.2 Å². The van der Waals surface area contributed by atoms with E-state index in [2.05, 4.69) is 30.6 Å². The lowest BCUT2D eigenvalue weighted by Crippen LogP contribution is -2.35. The van der Waals surface area contributed by atoms with E-state index in [0.29, 0.717) is 40.6 Å². The van der Waals surface area contributed by atoms with Gasteiger partial charge in [-0.15, -0.1) is 0 Å². The molecule has 4 rings (SSSR count). The number of imidazole rings is 1. The number of sulfonamides is 1. The van der Waals surface area contributed by atoms with E-state index < -0.39 is 16.6 Å². The van der Waals surface area contributed by atoms with Crippen molar-refractivity contribution in [1.82, 2.24) is 19.9 Å². The number of rotatable bonds is 7. The van der Waals surface area contributed by atoms with E-state index in [1.807, 2.05) is 6.07 Å². The highest BCUT2D eigenvalue weighted by atomic mass is 32.2. The highest BCUT2D eigenvalue weighted by Crippen LogP contribution is 2.35. The Bertz CT molecular complexity index is 1510. The number of aromatic nitrogens is 4. The largest absolute Gasteiger partial charge is 0.352 e. The van der Waals surface area contributed by atoms with Gasteiger partial charge in [-0.05, 0) is 31.2 Å². The number of aryl methyl sites for hydroxylation is 1. The predicted molar refractivity (Wildman–Crippen MR) is 124 cm³/mol. The van der Waals surface area contributed by atoms with Crippen LogP contribution in [0.15, 0.2) is 48.5 Å². The third-order valence-corrected chi connectivity index (χ3v) is 5.71. The number of pyridine rings is 2. The van der Waals surface area contributed by atoms with E-state index in [0.717, 1.165) is 0 Å². The van der Waals surface area contributed by atoms with Gasteiger partial charge in [0, 0.05) is 6.07 Å². The molecule has 174 valence electrons. The number of H-pyrrole nitrogens is 1. The van der Waals surface area contributed by atoms with Crippen LogP contribution in [0.5, 0.6) is 0 Å². The molecule has 0 radical (unpaired) electrons. The number of nitrogens with zero attached hydrogens (tertiary/aromatic N) is 5. The summed E-state index contributed by atoms with van der Waals surface area (Å²) in [7, 11) is -4.26. The highest BCUT2D eigenvalue weighted by Gasteiger charge is 2.28. The van der Waals surface area contributed by atoms with E-state index in [4.69, 9.17) is 5.26 Å². The molecule has 3 N–H and O–H groups in total. The first-order valence-corrected chi connectivity index (χ1v) is 11.7. The predicted octanol–water partition coefficient (Wildman–Crippen LogP) is 4.01. The van der Waals surface area contributed by atoms with Gasteiger partial charge in [0.2, 0.25) is 10.0 Å². The number of nitrogens with one attached hydrogen (secondary N) is 3. The van der Waals surface area contributed by atoms with Crippen LogP contribution in [0.4, 0.5) is 37.5 Å². The van der Waals surface area contributed by atoms with Crippen molar-refractivity contribution in [3.05, 3.63) is 60.0 Å². The van der Waals surface area contributed by atoms with E-state index in [1.54, 1.807) is 37.3 Å². The number of hydrogen-bond acceptors (Lipinski definition) is 8. The summed E-state index contributed by atoms with van der Waals surface area (Å²) in [5.74, 6) is 1.26. The molecule has 4 aromatic rings. The number of para-hydroxylation sites is 2. The van der Waals surface area contributed by atoms with Gasteiger partial charge in [0.15, 0.2) is 5.65 Å². The third-order valence-electron chi connectivity index (χ3n) is 4.64. The Morgan fingerprint density at radius 1 is 1.03 bits per heavy atom. The van der Waals surface area contributed by atoms with Gasteiger partial charge in [0.05, 0.1) is 23.3 Å². The molecule has 1 aromatic carbocycles. The van der Waals surface area contributed by atoms with Crippen LogP contribution < -0.4 is 14.9 Å². The normalized spacial score (nSPS) is 11.4. The molecule has 0 bridgehead atoms. The molecule has 0 unspecified atom stereocenters. The first-order valence-electron chi connectivity index (χ1n) is 9.81. The molecule has 0 aliphatic rings. The van der Waals surface area contributed by atoms with Crippen LogP contribution in [0, 0.1) is 18.3 Å². The molecular weight excluding hydrogens is 466 g/mol. The maximum absolute atomic E-state index is 13.7. The average Bonchev–Trinajstić information content (AvgIpc) is 3.14. The Kier molecular flexibility index (Phi) is 5.99. The van der Waals surface area contributed by atoms with Crippen LogP contribution in [0.3, 0.4) is 0 Å². The minimum absolute atomic E-state index is 0.0417. The van der Waals surface area contributed by atoms with Crippen molar-refractivity contribution >= 4 is 49.9 Å². The zero-order chi connectivity index (χ0) is 24.5. The quantitative estimate of drug-likeness (QED) is 0.334. The molecule has 0 atom stereocenters. The van der Waals surface area contributed by atoms with Gasteiger partial charge in [0.25, 0.3) is 0 Å². The van der Waals surface area contributed by atoms with E-state index in [9.17, 15) is 17.2 Å². The first kappa shape index (κ1) is 22.9. The molecule has 0 aliphatic carbocycles. The zero-order valence-corrected chi connectivity index (χ0v) is 18.7. The van der Waals surface area contributed by atoms with Crippen molar-refractivity contribution in [2.45, 2.75) is 13.5 Å². The summed E-state index contributed by atoms with van der Waals surface area (Å²) >= 11 is 0. The van der Waals surface area contributed by atoms with Crippen LogP contribution in [-0.2, 0) is 10.0 Å². The number of hydrogen-bond donors (Lipinski definition) is 3. The molecule has 0 spiro atoms. The second kappa shape index (κ2) is 8.91. The van der Waals surface area contributed by atoms with Crippen molar-refractivity contribution in [1.29, 1.82) is 5.26 Å². The summed E-state index contributed by atoms with van der Waals surface area (Å²) in [6.45, 7) is -1.55. The molecule has 0 saturated carbocycles. The van der Waals surface area contributed by atoms with Crippen molar-refractivity contribution in [2.24, 2.45) is 0 Å². The SMILES string of the molecule is Cc1nc2c(Nc3ccccc3N(C(F)F)S(C)(=O)=O)cc(Nc3cccc(C#N)n3)nc2[nH]1. The molecule has 0 amide bonds. The monoisotopic (exact) mass is 484 g/mol. The Hall–Kier alpha value is -4.31. The zero-order valence-electron chi connectivity index (χ0n) is 17.9. The summed E-state index contributed by atoms with van der Waals surface area (Å²) in [6.07, 6.45) is 0.710. The number of benzene rings is 1. The van der Waals surface area contributed by atoms with Gasteiger partial charge in [-0.3, -0.25) is 0 Å². The number of anilines is 5. The summed E-state index contributed by atoms with van der Waals surface area (Å²) in [4.78, 5) is 16.0. The van der Waals surface area contributed by atoms with Gasteiger partial charge in [-0.2, -0.15) is 14.0 Å². The van der Waals surface area contributed by atoms with Crippen molar-refractivity contribution < 1.29 is 17.2 Å². The molecule has 13 heteroatoms. The van der Waals surface area contributed by atoms with Crippen molar-refractivity contribution in [2.75, 3.05) is 21.2 Å². The molecule has 10 nitrogen and oxygen atoms in total. The van der Waals surface area contributed by atoms with Gasteiger partial charge in [-0.25, -0.2) is 27.7 Å². The minimum Gasteiger partial charge on any atom is -0.352 e. The summed E-state index contributed by atoms with van der Waals surface area (Å²) < 4.78 is 51.5. The number of alkyl halides is 2. The fourth-order valence-corrected chi connectivity index (χ4v) is 4.11. The highest BCUT2D eigenvalue weighted by molar-refractivity contribution is 7.92.